The molecule has 2 amide bonds. The van der Waals surface area contributed by atoms with Crippen LogP contribution in [0.1, 0.15) is 19.4 Å². The van der Waals surface area contributed by atoms with Gasteiger partial charge in [0, 0.05) is 32.0 Å². The fourth-order valence-electron chi connectivity index (χ4n) is 2.85. The maximum Gasteiger partial charge on any atom is 0.320 e. The maximum atomic E-state index is 11.9. The Hall–Kier alpha value is -2.67. The van der Waals surface area contributed by atoms with Gasteiger partial charge < -0.3 is 15.0 Å². The number of nitrogens with one attached hydrogen (secondary N) is 2. The minimum atomic E-state index is -0.293. The Morgan fingerprint density at radius 3 is 2.64 bits per heavy atom. The number of hydrogen-bond donors (Lipinski definition) is 2. The lowest BCUT2D eigenvalue weighted by atomic mass is 10.2. The number of anilines is 2. The lowest BCUT2D eigenvalue weighted by Gasteiger charge is -2.36. The van der Waals surface area contributed by atoms with Crippen LogP contribution in [-0.2, 0) is 11.3 Å². The molecule has 0 spiro atoms. The predicted molar refractivity (Wildman–Crippen MR) is 96.6 cm³/mol. The zero-order valence-electron chi connectivity index (χ0n) is 14.5. The largest absolute Gasteiger partial charge is 0.372 e. The number of aromatic nitrogens is 2. The van der Waals surface area contributed by atoms with Crippen molar-refractivity contribution in [3.63, 3.8) is 0 Å². The molecular weight excluding hydrogens is 318 g/mol. The number of ether oxygens (including phenoxy) is 1. The number of pyridine rings is 2. The first-order valence-electron chi connectivity index (χ1n) is 8.41. The molecule has 1 aliphatic rings. The summed E-state index contributed by atoms with van der Waals surface area (Å²) in [5.74, 6) is 1.45. The summed E-state index contributed by atoms with van der Waals surface area (Å²) < 4.78 is 5.75. The molecule has 0 bridgehead atoms. The average molecular weight is 341 g/mol. The molecule has 25 heavy (non-hydrogen) atoms. The normalized spacial score (nSPS) is 20.2. The summed E-state index contributed by atoms with van der Waals surface area (Å²) in [4.78, 5) is 22.7. The minimum Gasteiger partial charge on any atom is -0.372 e. The van der Waals surface area contributed by atoms with E-state index in [4.69, 9.17) is 4.74 Å². The van der Waals surface area contributed by atoms with Gasteiger partial charge in [-0.25, -0.2) is 14.8 Å². The van der Waals surface area contributed by atoms with Crippen molar-refractivity contribution in [2.75, 3.05) is 23.3 Å². The van der Waals surface area contributed by atoms with Crippen LogP contribution >= 0.6 is 0 Å². The molecule has 132 valence electrons. The van der Waals surface area contributed by atoms with Crippen molar-refractivity contribution in [3.05, 3.63) is 48.3 Å². The highest BCUT2D eigenvalue weighted by molar-refractivity contribution is 5.88. The van der Waals surface area contributed by atoms with Gasteiger partial charge in [0.15, 0.2) is 0 Å². The molecule has 1 aliphatic heterocycles. The molecule has 0 radical (unpaired) electrons. The van der Waals surface area contributed by atoms with Crippen LogP contribution in [0, 0.1) is 0 Å². The number of rotatable bonds is 4. The number of nitrogens with zero attached hydrogens (tertiary/aromatic N) is 3. The summed E-state index contributed by atoms with van der Waals surface area (Å²) >= 11 is 0. The summed E-state index contributed by atoms with van der Waals surface area (Å²) in [5.41, 5.74) is 0.939. The fourth-order valence-corrected chi connectivity index (χ4v) is 2.85. The van der Waals surface area contributed by atoms with Crippen LogP contribution in [0.4, 0.5) is 16.4 Å². The molecule has 3 heterocycles. The van der Waals surface area contributed by atoms with E-state index in [-0.39, 0.29) is 18.2 Å². The highest BCUT2D eigenvalue weighted by Crippen LogP contribution is 2.18. The van der Waals surface area contributed by atoms with Crippen molar-refractivity contribution in [2.24, 2.45) is 0 Å². The molecule has 1 saturated heterocycles. The first kappa shape index (κ1) is 17.2. The van der Waals surface area contributed by atoms with Crippen LogP contribution in [-0.4, -0.2) is 41.3 Å². The number of amides is 2. The van der Waals surface area contributed by atoms with E-state index in [1.165, 1.54) is 0 Å². The van der Waals surface area contributed by atoms with E-state index < -0.39 is 0 Å². The SMILES string of the molecule is C[C@@H]1CN(c2ccc(CNC(=O)Nc3ccccn3)cn2)C[C@@H](C)O1. The zero-order valence-corrected chi connectivity index (χ0v) is 14.5. The molecule has 0 aliphatic carbocycles. The lowest BCUT2D eigenvalue weighted by molar-refractivity contribution is -0.00546. The standard InChI is InChI=1S/C18H23N5O2/c1-13-11-23(12-14(2)25-13)17-7-6-15(9-20-17)10-21-18(24)22-16-5-3-4-8-19-16/h3-9,13-14H,10-12H2,1-2H3,(H2,19,21,22,24)/t13-,14-/m1/s1. The molecule has 2 atom stereocenters. The van der Waals surface area contributed by atoms with Crippen molar-refractivity contribution < 1.29 is 9.53 Å². The molecule has 2 N–H and O–H groups in total. The van der Waals surface area contributed by atoms with E-state index in [9.17, 15) is 4.79 Å². The van der Waals surface area contributed by atoms with Crippen LogP contribution < -0.4 is 15.5 Å². The van der Waals surface area contributed by atoms with Gasteiger partial charge in [0.25, 0.3) is 0 Å². The molecule has 3 rings (SSSR count). The third-order valence-electron chi connectivity index (χ3n) is 3.91. The first-order chi connectivity index (χ1) is 12.1. The minimum absolute atomic E-state index is 0.196. The van der Waals surface area contributed by atoms with Crippen LogP contribution in [0.25, 0.3) is 0 Å². The van der Waals surface area contributed by atoms with Crippen molar-refractivity contribution in [1.29, 1.82) is 0 Å². The van der Waals surface area contributed by atoms with Crippen molar-refractivity contribution in [3.8, 4) is 0 Å². The van der Waals surface area contributed by atoms with Crippen LogP contribution in [0.3, 0.4) is 0 Å². The molecule has 7 nitrogen and oxygen atoms in total. The highest BCUT2D eigenvalue weighted by Gasteiger charge is 2.22. The van der Waals surface area contributed by atoms with E-state index in [0.717, 1.165) is 24.5 Å². The summed E-state index contributed by atoms with van der Waals surface area (Å²) in [6.45, 7) is 6.22. The molecular formula is C18H23N5O2. The molecule has 1 fully saturated rings. The molecule has 2 aromatic rings. The Morgan fingerprint density at radius 2 is 2.00 bits per heavy atom. The molecule has 0 unspecified atom stereocenters. The van der Waals surface area contributed by atoms with Crippen molar-refractivity contribution in [2.45, 2.75) is 32.6 Å². The topological polar surface area (TPSA) is 79.4 Å². The number of carbonyl (C=O) groups excluding carboxylic acids is 1. The third kappa shape index (κ3) is 4.90. The Balaban J connectivity index is 1.51. The van der Waals surface area contributed by atoms with Gasteiger partial charge in [-0.1, -0.05) is 12.1 Å². The fraction of sp³-hybridized carbons (Fsp3) is 0.389. The van der Waals surface area contributed by atoms with E-state index in [0.29, 0.717) is 12.4 Å². The second-order valence-corrected chi connectivity index (χ2v) is 6.21. The Bertz CT molecular complexity index is 682. The summed E-state index contributed by atoms with van der Waals surface area (Å²) in [6.07, 6.45) is 3.82. The van der Waals surface area contributed by atoms with E-state index in [2.05, 4.69) is 39.3 Å². The van der Waals surface area contributed by atoms with Crippen LogP contribution in [0.15, 0.2) is 42.7 Å². The van der Waals surface area contributed by atoms with Gasteiger partial charge in [0.05, 0.1) is 12.2 Å². The molecule has 0 saturated carbocycles. The van der Waals surface area contributed by atoms with E-state index in [1.54, 1.807) is 24.5 Å². The number of carbonyl (C=O) groups is 1. The van der Waals surface area contributed by atoms with Crippen LogP contribution in [0.5, 0.6) is 0 Å². The Kier molecular flexibility index (Phi) is 5.45. The summed E-state index contributed by atoms with van der Waals surface area (Å²) in [6, 6.07) is 9.02. The van der Waals surface area contributed by atoms with Gasteiger partial charge in [-0.15, -0.1) is 0 Å². The Labute approximate surface area is 147 Å². The second kappa shape index (κ2) is 7.94. The highest BCUT2D eigenvalue weighted by atomic mass is 16.5. The van der Waals surface area contributed by atoms with E-state index >= 15 is 0 Å². The van der Waals surface area contributed by atoms with Gasteiger partial charge >= 0.3 is 6.03 Å². The Morgan fingerprint density at radius 1 is 1.20 bits per heavy atom. The predicted octanol–water partition coefficient (Wildman–Crippen LogP) is 2.41. The zero-order chi connectivity index (χ0) is 17.6. The molecule has 0 aromatic carbocycles. The number of morpholine rings is 1. The van der Waals surface area contributed by atoms with Gasteiger partial charge in [-0.3, -0.25) is 5.32 Å². The molecule has 7 heteroatoms. The lowest BCUT2D eigenvalue weighted by Crippen LogP contribution is -2.45. The van der Waals surface area contributed by atoms with Crippen molar-refractivity contribution in [1.82, 2.24) is 15.3 Å². The third-order valence-corrected chi connectivity index (χ3v) is 3.91. The summed E-state index contributed by atoms with van der Waals surface area (Å²) in [5, 5.41) is 5.48. The average Bonchev–Trinajstić information content (AvgIpc) is 2.60. The van der Waals surface area contributed by atoms with Crippen LogP contribution in [0.2, 0.25) is 0 Å². The summed E-state index contributed by atoms with van der Waals surface area (Å²) in [7, 11) is 0. The number of hydrogen-bond acceptors (Lipinski definition) is 5. The van der Waals surface area contributed by atoms with Crippen molar-refractivity contribution >= 4 is 17.7 Å². The number of urea groups is 1. The maximum absolute atomic E-state index is 11.9. The first-order valence-corrected chi connectivity index (χ1v) is 8.41. The smallest absolute Gasteiger partial charge is 0.320 e. The van der Waals surface area contributed by atoms with Gasteiger partial charge in [0.1, 0.15) is 11.6 Å². The van der Waals surface area contributed by atoms with Gasteiger partial charge in [-0.2, -0.15) is 0 Å². The van der Waals surface area contributed by atoms with E-state index in [1.807, 2.05) is 18.2 Å². The van der Waals surface area contributed by atoms with Gasteiger partial charge in [-0.05, 0) is 37.6 Å². The molecule has 2 aromatic heterocycles. The second-order valence-electron chi connectivity index (χ2n) is 6.21. The monoisotopic (exact) mass is 341 g/mol. The van der Waals surface area contributed by atoms with Gasteiger partial charge in [0.2, 0.25) is 0 Å². The quantitative estimate of drug-likeness (QED) is 0.893.